The average Bonchev–Trinajstić information content (AvgIpc) is 3.70. The number of carbonyl (C=O) groups excluding carboxylic acids is 3. The van der Waals surface area contributed by atoms with Crippen LogP contribution in [0.25, 0.3) is 10.4 Å². The molecular formula is C35H55N5O9S. The first kappa shape index (κ1) is 41.4. The van der Waals surface area contributed by atoms with Gasteiger partial charge in [-0.15, -0.1) is 11.3 Å². The minimum Gasteiger partial charge on any atom is -0.391 e. The molecule has 1 aliphatic rings. The molecule has 1 aromatic heterocycles. The van der Waals surface area contributed by atoms with E-state index in [9.17, 15) is 19.5 Å². The van der Waals surface area contributed by atoms with Gasteiger partial charge in [0.25, 0.3) is 0 Å². The van der Waals surface area contributed by atoms with Gasteiger partial charge in [-0.1, -0.05) is 45.0 Å². The summed E-state index contributed by atoms with van der Waals surface area (Å²) in [5.41, 5.74) is 9.44. The van der Waals surface area contributed by atoms with Gasteiger partial charge in [0.15, 0.2) is 0 Å². The molecule has 14 nitrogen and oxygen atoms in total. The molecule has 2 aromatic rings. The quantitative estimate of drug-likeness (QED) is 0.123. The molecule has 3 atom stereocenters. The molecule has 0 aliphatic carbocycles. The number of hydrogen-bond donors (Lipinski definition) is 4. The van der Waals surface area contributed by atoms with Crippen LogP contribution in [0.15, 0.2) is 29.8 Å². The Balaban J connectivity index is 1.36. The summed E-state index contributed by atoms with van der Waals surface area (Å²) in [6, 6.07) is 6.12. The van der Waals surface area contributed by atoms with Crippen molar-refractivity contribution in [3.63, 3.8) is 0 Å². The van der Waals surface area contributed by atoms with Gasteiger partial charge in [0.1, 0.15) is 12.1 Å². The van der Waals surface area contributed by atoms with Crippen LogP contribution in [0.2, 0.25) is 0 Å². The molecule has 0 spiro atoms. The monoisotopic (exact) mass is 721 g/mol. The number of aryl methyl sites for hydroxylation is 1. The Labute approximate surface area is 299 Å². The second-order valence-corrected chi connectivity index (χ2v) is 13.9. The number of aliphatic hydroxyl groups excluding tert-OH is 1. The molecule has 1 saturated heterocycles. The van der Waals surface area contributed by atoms with Gasteiger partial charge in [-0.2, -0.15) is 0 Å². The number of nitrogens with zero attached hydrogens (tertiary/aromatic N) is 2. The molecule has 1 aromatic carbocycles. The lowest BCUT2D eigenvalue weighted by Crippen LogP contribution is -2.57. The second-order valence-electron chi connectivity index (χ2n) is 13.0. The SMILES string of the molecule is Cc1ncsc1-c1ccc(CNC(=O)[C@@H]2C[C@@H](O)CN2C(=O)[C@@H](NC(=O)CCOCCOCCOCCOCCOCCN)C(C)(C)C)cc1. The highest BCUT2D eigenvalue weighted by Gasteiger charge is 2.44. The zero-order valence-corrected chi connectivity index (χ0v) is 30.6. The van der Waals surface area contributed by atoms with E-state index >= 15 is 0 Å². The van der Waals surface area contributed by atoms with Gasteiger partial charge in [0, 0.05) is 32.5 Å². The average molecular weight is 722 g/mol. The standard InChI is InChI=1S/C35H55N5O9S/c1-25-31(50-24-38-25)27-7-5-26(6-8-27)22-37-33(43)29-21-28(41)23-40(29)34(44)32(35(2,3)4)39-30(42)9-11-45-13-15-47-17-19-49-20-18-48-16-14-46-12-10-36/h5-8,24,28-29,32,41H,9-23,36H2,1-4H3,(H,37,43)(H,39,42)/t28-,29+,32-/m1/s1. The van der Waals surface area contributed by atoms with Crippen LogP contribution in [-0.2, 0) is 44.6 Å². The highest BCUT2D eigenvalue weighted by Crippen LogP contribution is 2.28. The number of ether oxygens (including phenoxy) is 5. The number of nitrogens with one attached hydrogen (secondary N) is 2. The van der Waals surface area contributed by atoms with Crippen molar-refractivity contribution in [1.82, 2.24) is 20.5 Å². The third-order valence-electron chi connectivity index (χ3n) is 7.94. The summed E-state index contributed by atoms with van der Waals surface area (Å²) in [6.45, 7) is 12.4. The third kappa shape index (κ3) is 14.3. The number of likely N-dealkylation sites (tertiary alicyclic amines) is 1. The zero-order valence-electron chi connectivity index (χ0n) is 29.8. The van der Waals surface area contributed by atoms with E-state index in [1.807, 2.05) is 57.5 Å². The molecule has 5 N–H and O–H groups in total. The van der Waals surface area contributed by atoms with Crippen LogP contribution < -0.4 is 16.4 Å². The molecular weight excluding hydrogens is 666 g/mol. The molecule has 0 bridgehead atoms. The molecule has 2 heterocycles. The predicted molar refractivity (Wildman–Crippen MR) is 189 cm³/mol. The van der Waals surface area contributed by atoms with Gasteiger partial charge in [-0.05, 0) is 23.5 Å². The summed E-state index contributed by atoms with van der Waals surface area (Å²) < 4.78 is 27.1. The molecule has 0 saturated carbocycles. The lowest BCUT2D eigenvalue weighted by atomic mass is 9.85. The normalized spacial score (nSPS) is 16.8. The predicted octanol–water partition coefficient (Wildman–Crippen LogP) is 1.66. The minimum atomic E-state index is -0.906. The van der Waals surface area contributed by atoms with Crippen molar-refractivity contribution in [3.05, 3.63) is 41.0 Å². The molecule has 0 radical (unpaired) electrons. The lowest BCUT2D eigenvalue weighted by molar-refractivity contribution is -0.144. The van der Waals surface area contributed by atoms with Gasteiger partial charge in [0.05, 0.1) is 88.3 Å². The fourth-order valence-corrected chi connectivity index (χ4v) is 6.06. The Morgan fingerprint density at radius 2 is 1.50 bits per heavy atom. The smallest absolute Gasteiger partial charge is 0.246 e. The molecule has 50 heavy (non-hydrogen) atoms. The van der Waals surface area contributed by atoms with Crippen molar-refractivity contribution < 1.29 is 43.2 Å². The number of β-amino-alcohol motifs (C(OH)–C–C–N with tert-alkyl or cyclic N) is 1. The Bertz CT molecular complexity index is 1300. The maximum absolute atomic E-state index is 13.8. The number of nitrogens with two attached hydrogens (primary N) is 1. The molecule has 1 fully saturated rings. The van der Waals surface area contributed by atoms with Gasteiger partial charge >= 0.3 is 0 Å². The first-order valence-corrected chi connectivity index (χ1v) is 18.0. The topological polar surface area (TPSA) is 184 Å². The van der Waals surface area contributed by atoms with E-state index in [0.29, 0.717) is 66.0 Å². The van der Waals surface area contributed by atoms with Crippen molar-refractivity contribution in [2.75, 3.05) is 79.2 Å². The van der Waals surface area contributed by atoms with Crippen molar-refractivity contribution >= 4 is 29.1 Å². The fraction of sp³-hybridized carbons (Fsp3) is 0.657. The zero-order chi connectivity index (χ0) is 36.4. The number of aliphatic hydroxyl groups is 1. The van der Waals surface area contributed by atoms with Crippen LogP contribution in [0, 0.1) is 12.3 Å². The molecule has 3 rings (SSSR count). The van der Waals surface area contributed by atoms with E-state index in [0.717, 1.165) is 21.7 Å². The Morgan fingerprint density at radius 3 is 2.02 bits per heavy atom. The Kier molecular flexibility index (Phi) is 18.2. The van der Waals surface area contributed by atoms with Crippen LogP contribution in [-0.4, -0.2) is 130 Å². The highest BCUT2D eigenvalue weighted by molar-refractivity contribution is 7.13. The minimum absolute atomic E-state index is 0.00918. The largest absolute Gasteiger partial charge is 0.391 e. The first-order chi connectivity index (χ1) is 24.0. The van der Waals surface area contributed by atoms with E-state index in [4.69, 9.17) is 29.4 Å². The van der Waals surface area contributed by atoms with E-state index in [2.05, 4.69) is 15.6 Å². The number of amides is 3. The van der Waals surface area contributed by atoms with E-state index in [1.54, 1.807) is 11.3 Å². The summed E-state index contributed by atoms with van der Waals surface area (Å²) in [5.74, 6) is -1.11. The molecule has 15 heteroatoms. The summed E-state index contributed by atoms with van der Waals surface area (Å²) >= 11 is 1.58. The molecule has 3 amide bonds. The van der Waals surface area contributed by atoms with Crippen molar-refractivity contribution in [3.8, 4) is 10.4 Å². The van der Waals surface area contributed by atoms with Crippen molar-refractivity contribution in [1.29, 1.82) is 0 Å². The van der Waals surface area contributed by atoms with Crippen molar-refractivity contribution in [2.24, 2.45) is 11.1 Å². The Hall–Kier alpha value is -3.02. The number of carbonyl (C=O) groups is 3. The van der Waals surface area contributed by atoms with Crippen LogP contribution in [0.4, 0.5) is 0 Å². The lowest BCUT2D eigenvalue weighted by Gasteiger charge is -2.35. The summed E-state index contributed by atoms with van der Waals surface area (Å²) in [7, 11) is 0. The molecule has 1 aliphatic heterocycles. The second kappa shape index (κ2) is 22.0. The third-order valence-corrected chi connectivity index (χ3v) is 8.91. The van der Waals surface area contributed by atoms with Crippen LogP contribution >= 0.6 is 11.3 Å². The van der Waals surface area contributed by atoms with Gasteiger partial charge in [-0.25, -0.2) is 4.98 Å². The van der Waals surface area contributed by atoms with Gasteiger partial charge in [0.2, 0.25) is 17.7 Å². The van der Waals surface area contributed by atoms with Gasteiger partial charge in [-0.3, -0.25) is 14.4 Å². The number of aromatic nitrogens is 1. The fourth-order valence-electron chi connectivity index (χ4n) is 5.24. The maximum Gasteiger partial charge on any atom is 0.246 e. The first-order valence-electron chi connectivity index (χ1n) is 17.1. The molecule has 280 valence electrons. The summed E-state index contributed by atoms with van der Waals surface area (Å²) in [5, 5.41) is 16.2. The Morgan fingerprint density at radius 1 is 0.940 bits per heavy atom. The van der Waals surface area contributed by atoms with Crippen LogP contribution in [0.1, 0.15) is 44.9 Å². The van der Waals surface area contributed by atoms with E-state index in [-0.39, 0.29) is 44.4 Å². The number of hydrogen-bond acceptors (Lipinski definition) is 12. The van der Waals surface area contributed by atoms with E-state index in [1.165, 1.54) is 4.90 Å². The van der Waals surface area contributed by atoms with Gasteiger partial charge < -0.3 is 50.1 Å². The van der Waals surface area contributed by atoms with Crippen LogP contribution in [0.3, 0.4) is 0 Å². The number of benzene rings is 1. The number of thiazole rings is 1. The van der Waals surface area contributed by atoms with E-state index < -0.39 is 29.5 Å². The summed E-state index contributed by atoms with van der Waals surface area (Å²) in [4.78, 5) is 46.7. The highest BCUT2D eigenvalue weighted by atomic mass is 32.1. The van der Waals surface area contributed by atoms with Crippen LogP contribution in [0.5, 0.6) is 0 Å². The number of rotatable bonds is 23. The summed E-state index contributed by atoms with van der Waals surface area (Å²) in [6.07, 6.45) is -0.677. The van der Waals surface area contributed by atoms with Crippen molar-refractivity contribution in [2.45, 2.75) is 65.3 Å². The molecule has 0 unspecified atom stereocenters. The maximum atomic E-state index is 13.8.